The van der Waals surface area contributed by atoms with Crippen LogP contribution in [0.25, 0.3) is 0 Å². The monoisotopic (exact) mass is 202 g/mol. The average Bonchev–Trinajstić information content (AvgIpc) is 2.02. The number of likely N-dealkylation sites (N-methyl/N-ethyl adjacent to an activating group) is 1. The number of aliphatic carboxylic acids is 1. The van der Waals surface area contributed by atoms with Crippen LogP contribution in [0.5, 0.6) is 0 Å². The third-order valence-corrected chi connectivity index (χ3v) is 2.58. The van der Waals surface area contributed by atoms with Gasteiger partial charge in [0.15, 0.2) is 0 Å². The van der Waals surface area contributed by atoms with Crippen molar-refractivity contribution in [1.29, 1.82) is 0 Å². The molecule has 84 valence electrons. The third kappa shape index (κ3) is 4.07. The van der Waals surface area contributed by atoms with Gasteiger partial charge in [0.25, 0.3) is 0 Å². The number of carboxylic acids is 1. The van der Waals surface area contributed by atoms with E-state index in [2.05, 4.69) is 4.90 Å². The van der Waals surface area contributed by atoms with Crippen molar-refractivity contribution in [2.24, 2.45) is 0 Å². The smallest absolute Gasteiger partial charge is 0.323 e. The SMILES string of the molecule is CN(C)CCCN(C)C(C)(C)C(=O)O. The minimum Gasteiger partial charge on any atom is -0.480 e. The van der Waals surface area contributed by atoms with Crippen LogP contribution in [0.1, 0.15) is 20.3 Å². The molecule has 0 aliphatic heterocycles. The summed E-state index contributed by atoms with van der Waals surface area (Å²) >= 11 is 0. The summed E-state index contributed by atoms with van der Waals surface area (Å²) in [5.41, 5.74) is -0.772. The molecule has 0 unspecified atom stereocenters. The van der Waals surface area contributed by atoms with Crippen molar-refractivity contribution in [1.82, 2.24) is 9.80 Å². The minimum absolute atomic E-state index is 0.772. The summed E-state index contributed by atoms with van der Waals surface area (Å²) in [6, 6.07) is 0. The molecular formula is C10H22N2O2. The highest BCUT2D eigenvalue weighted by Crippen LogP contribution is 2.12. The van der Waals surface area contributed by atoms with E-state index < -0.39 is 11.5 Å². The van der Waals surface area contributed by atoms with Crippen LogP contribution in [0.3, 0.4) is 0 Å². The molecule has 0 aliphatic rings. The Hall–Kier alpha value is -0.610. The topological polar surface area (TPSA) is 43.8 Å². The third-order valence-electron chi connectivity index (χ3n) is 2.58. The van der Waals surface area contributed by atoms with Crippen LogP contribution in [0.15, 0.2) is 0 Å². The molecule has 14 heavy (non-hydrogen) atoms. The number of nitrogens with zero attached hydrogens (tertiary/aromatic N) is 2. The highest BCUT2D eigenvalue weighted by Gasteiger charge is 2.31. The molecule has 0 aromatic rings. The fourth-order valence-corrected chi connectivity index (χ4v) is 1.07. The molecule has 0 heterocycles. The van der Waals surface area contributed by atoms with Gasteiger partial charge in [-0.25, -0.2) is 0 Å². The molecule has 0 atom stereocenters. The molecule has 0 bridgehead atoms. The molecule has 4 nitrogen and oxygen atoms in total. The summed E-state index contributed by atoms with van der Waals surface area (Å²) in [6.07, 6.45) is 0.986. The quantitative estimate of drug-likeness (QED) is 0.689. The highest BCUT2D eigenvalue weighted by molar-refractivity contribution is 5.77. The molecule has 0 aromatic carbocycles. The number of hydrogen-bond acceptors (Lipinski definition) is 3. The summed E-state index contributed by atoms with van der Waals surface area (Å²) in [5.74, 6) is -0.773. The van der Waals surface area contributed by atoms with Crippen molar-refractivity contribution in [2.75, 3.05) is 34.2 Å². The first-order chi connectivity index (χ1) is 6.28. The zero-order valence-electron chi connectivity index (χ0n) is 9.87. The molecule has 0 rings (SSSR count). The van der Waals surface area contributed by atoms with E-state index in [-0.39, 0.29) is 0 Å². The van der Waals surface area contributed by atoms with E-state index >= 15 is 0 Å². The maximum absolute atomic E-state index is 10.9. The van der Waals surface area contributed by atoms with Crippen LogP contribution < -0.4 is 0 Å². The molecule has 0 spiro atoms. The molecule has 0 amide bonds. The van der Waals surface area contributed by atoms with E-state index in [1.807, 2.05) is 26.0 Å². The van der Waals surface area contributed by atoms with Gasteiger partial charge in [-0.1, -0.05) is 0 Å². The lowest BCUT2D eigenvalue weighted by molar-refractivity contribution is -0.148. The maximum atomic E-state index is 10.9. The van der Waals surface area contributed by atoms with E-state index in [4.69, 9.17) is 5.11 Å². The van der Waals surface area contributed by atoms with Crippen LogP contribution >= 0.6 is 0 Å². The van der Waals surface area contributed by atoms with Crippen LogP contribution in [-0.4, -0.2) is 60.6 Å². The highest BCUT2D eigenvalue weighted by atomic mass is 16.4. The van der Waals surface area contributed by atoms with Gasteiger partial charge in [-0.2, -0.15) is 0 Å². The second kappa shape index (κ2) is 5.32. The van der Waals surface area contributed by atoms with Crippen molar-refractivity contribution < 1.29 is 9.90 Å². The minimum atomic E-state index is -0.773. The van der Waals surface area contributed by atoms with Gasteiger partial charge >= 0.3 is 5.97 Å². The van der Waals surface area contributed by atoms with Crippen molar-refractivity contribution in [2.45, 2.75) is 25.8 Å². The van der Waals surface area contributed by atoms with Crippen molar-refractivity contribution in [3.63, 3.8) is 0 Å². The largest absolute Gasteiger partial charge is 0.480 e. The van der Waals surface area contributed by atoms with Crippen molar-refractivity contribution in [3.8, 4) is 0 Å². The molecule has 1 N–H and O–H groups in total. The number of rotatable bonds is 6. The fourth-order valence-electron chi connectivity index (χ4n) is 1.07. The fraction of sp³-hybridized carbons (Fsp3) is 0.900. The van der Waals surface area contributed by atoms with Gasteiger partial charge < -0.3 is 10.0 Å². The predicted octanol–water partition coefficient (Wildman–Crippen LogP) is 0.733. The van der Waals surface area contributed by atoms with Gasteiger partial charge in [-0.3, -0.25) is 9.69 Å². The number of carbonyl (C=O) groups is 1. The average molecular weight is 202 g/mol. The van der Waals surface area contributed by atoms with Gasteiger partial charge in [0.05, 0.1) is 0 Å². The second-order valence-electron chi connectivity index (χ2n) is 4.44. The first kappa shape index (κ1) is 13.4. The molecular weight excluding hydrogens is 180 g/mol. The lowest BCUT2D eigenvalue weighted by Crippen LogP contribution is -2.48. The first-order valence-corrected chi connectivity index (χ1v) is 4.88. The molecule has 0 fully saturated rings. The van der Waals surface area contributed by atoms with E-state index in [1.54, 1.807) is 13.8 Å². The van der Waals surface area contributed by atoms with E-state index in [9.17, 15) is 4.79 Å². The Morgan fingerprint density at radius 3 is 2.07 bits per heavy atom. The Bertz CT molecular complexity index is 191. The van der Waals surface area contributed by atoms with Crippen molar-refractivity contribution in [3.05, 3.63) is 0 Å². The molecule has 0 saturated carbocycles. The summed E-state index contributed by atoms with van der Waals surface area (Å²) in [4.78, 5) is 14.9. The normalized spacial score (nSPS) is 12.5. The molecule has 0 aromatic heterocycles. The molecule has 0 saturated heterocycles. The van der Waals surface area contributed by atoms with Crippen molar-refractivity contribution >= 4 is 5.97 Å². The predicted molar refractivity (Wildman–Crippen MR) is 57.5 cm³/mol. The Morgan fingerprint density at radius 2 is 1.71 bits per heavy atom. The molecule has 0 radical (unpaired) electrons. The van der Waals surface area contributed by atoms with Gasteiger partial charge in [0, 0.05) is 6.54 Å². The molecule has 4 heteroatoms. The van der Waals surface area contributed by atoms with Crippen LogP contribution in [0, 0.1) is 0 Å². The Balaban J connectivity index is 3.95. The number of hydrogen-bond donors (Lipinski definition) is 1. The summed E-state index contributed by atoms with van der Waals surface area (Å²) < 4.78 is 0. The van der Waals surface area contributed by atoms with Crippen LogP contribution in [0.2, 0.25) is 0 Å². The summed E-state index contributed by atoms with van der Waals surface area (Å²) in [5, 5.41) is 8.97. The Kier molecular flexibility index (Phi) is 5.08. The maximum Gasteiger partial charge on any atom is 0.323 e. The summed E-state index contributed by atoms with van der Waals surface area (Å²) in [6.45, 7) is 5.24. The van der Waals surface area contributed by atoms with Gasteiger partial charge in [-0.05, 0) is 48.0 Å². The van der Waals surface area contributed by atoms with E-state index in [1.165, 1.54) is 0 Å². The Labute approximate surface area is 86.5 Å². The zero-order chi connectivity index (χ0) is 11.4. The van der Waals surface area contributed by atoms with E-state index in [0.29, 0.717) is 0 Å². The lowest BCUT2D eigenvalue weighted by Gasteiger charge is -2.31. The van der Waals surface area contributed by atoms with Crippen LogP contribution in [0.4, 0.5) is 0 Å². The number of carboxylic acid groups (broad SMARTS) is 1. The van der Waals surface area contributed by atoms with Gasteiger partial charge in [0.1, 0.15) is 5.54 Å². The summed E-state index contributed by atoms with van der Waals surface area (Å²) in [7, 11) is 5.88. The van der Waals surface area contributed by atoms with Gasteiger partial charge in [-0.15, -0.1) is 0 Å². The molecule has 0 aliphatic carbocycles. The first-order valence-electron chi connectivity index (χ1n) is 4.88. The lowest BCUT2D eigenvalue weighted by atomic mass is 10.0. The van der Waals surface area contributed by atoms with E-state index in [0.717, 1.165) is 19.5 Å². The van der Waals surface area contributed by atoms with Crippen LogP contribution in [-0.2, 0) is 4.79 Å². The second-order valence-corrected chi connectivity index (χ2v) is 4.44. The zero-order valence-corrected chi connectivity index (χ0v) is 9.87. The Morgan fingerprint density at radius 1 is 1.21 bits per heavy atom. The van der Waals surface area contributed by atoms with Gasteiger partial charge in [0.2, 0.25) is 0 Å². The standard InChI is InChI=1S/C10H22N2O2/c1-10(2,9(13)14)12(5)8-6-7-11(3)4/h6-8H2,1-5H3,(H,13,14).